The fourth-order valence-electron chi connectivity index (χ4n) is 2.09. The van der Waals surface area contributed by atoms with Crippen LogP contribution in [-0.2, 0) is 9.53 Å². The third-order valence-corrected chi connectivity index (χ3v) is 4.03. The van der Waals surface area contributed by atoms with Crippen LogP contribution < -0.4 is 15.6 Å². The van der Waals surface area contributed by atoms with Gasteiger partial charge in [-0.2, -0.15) is 8.78 Å². The molecule has 1 aromatic carbocycles. The van der Waals surface area contributed by atoms with Crippen LogP contribution >= 0.6 is 11.3 Å². The lowest BCUT2D eigenvalue weighted by Crippen LogP contribution is -2.26. The zero-order valence-corrected chi connectivity index (χ0v) is 14.2. The first-order valence-electron chi connectivity index (χ1n) is 7.41. The van der Waals surface area contributed by atoms with Gasteiger partial charge in [0.15, 0.2) is 11.6 Å². The van der Waals surface area contributed by atoms with Gasteiger partial charge in [0.25, 0.3) is 11.5 Å². The number of nitrogens with one attached hydrogen (secondary N) is 1. The molecular weight excluding hydrogens is 384 g/mol. The lowest BCUT2D eigenvalue weighted by atomic mass is 10.3. The molecule has 0 atom stereocenters. The van der Waals surface area contributed by atoms with E-state index in [0.717, 1.165) is 6.20 Å². The minimum Gasteiger partial charge on any atom is -0.452 e. The average molecular weight is 395 g/mol. The third-order valence-electron chi connectivity index (χ3n) is 3.26. The highest BCUT2D eigenvalue weighted by Gasteiger charge is 2.16. The lowest BCUT2D eigenvalue weighted by molar-refractivity contribution is -0.119. The second-order valence-corrected chi connectivity index (χ2v) is 5.93. The zero-order chi connectivity index (χ0) is 19.4. The Morgan fingerprint density at radius 3 is 2.70 bits per heavy atom. The monoisotopic (exact) mass is 395 g/mol. The topological polar surface area (TPSA) is 99.0 Å². The summed E-state index contributed by atoms with van der Waals surface area (Å²) in [7, 11) is 0. The van der Waals surface area contributed by atoms with E-state index in [2.05, 4.69) is 15.0 Å². The van der Waals surface area contributed by atoms with E-state index in [0.29, 0.717) is 10.6 Å². The van der Waals surface area contributed by atoms with Gasteiger partial charge in [-0.05, 0) is 24.3 Å². The minimum atomic E-state index is -2.95. The van der Waals surface area contributed by atoms with Crippen molar-refractivity contribution < 1.29 is 27.8 Å². The quantitative estimate of drug-likeness (QED) is 0.642. The molecule has 0 aliphatic rings. The lowest BCUT2D eigenvalue weighted by Gasteiger charge is -2.08. The normalized spacial score (nSPS) is 10.8. The van der Waals surface area contributed by atoms with Gasteiger partial charge in [-0.15, -0.1) is 11.3 Å². The van der Waals surface area contributed by atoms with Crippen molar-refractivity contribution in [3.63, 3.8) is 0 Å². The average Bonchev–Trinajstić information content (AvgIpc) is 3.11. The number of ether oxygens (including phenoxy) is 2. The summed E-state index contributed by atoms with van der Waals surface area (Å²) >= 11 is 1.23. The van der Waals surface area contributed by atoms with Gasteiger partial charge < -0.3 is 14.8 Å². The highest BCUT2D eigenvalue weighted by atomic mass is 32.1. The smallest absolute Gasteiger partial charge is 0.387 e. The first-order chi connectivity index (χ1) is 12.9. The van der Waals surface area contributed by atoms with Crippen molar-refractivity contribution in [3.8, 4) is 5.75 Å². The maximum atomic E-state index is 12.1. The molecular formula is C16H11F2N3O5S. The number of aromatic nitrogens is 2. The number of hydrogen-bond acceptors (Lipinski definition) is 7. The number of thiazole rings is 1. The van der Waals surface area contributed by atoms with Crippen LogP contribution in [-0.4, -0.2) is 34.5 Å². The molecule has 0 aliphatic heterocycles. The van der Waals surface area contributed by atoms with Gasteiger partial charge in [0.05, 0.1) is 6.20 Å². The van der Waals surface area contributed by atoms with Crippen LogP contribution in [0.1, 0.15) is 10.4 Å². The van der Waals surface area contributed by atoms with E-state index in [-0.39, 0.29) is 11.3 Å². The Balaban J connectivity index is 1.57. The Hall–Kier alpha value is -3.34. The van der Waals surface area contributed by atoms with Gasteiger partial charge in [-0.3, -0.25) is 14.0 Å². The van der Waals surface area contributed by atoms with Gasteiger partial charge >= 0.3 is 12.6 Å². The van der Waals surface area contributed by atoms with E-state index >= 15 is 0 Å². The molecule has 27 heavy (non-hydrogen) atoms. The molecule has 140 valence electrons. The first-order valence-corrected chi connectivity index (χ1v) is 8.29. The van der Waals surface area contributed by atoms with Gasteiger partial charge in [0.2, 0.25) is 0 Å². The molecule has 0 fully saturated rings. The summed E-state index contributed by atoms with van der Waals surface area (Å²) in [5.74, 6) is -1.72. The van der Waals surface area contributed by atoms with Crippen LogP contribution in [0.25, 0.3) is 4.96 Å². The highest BCUT2D eigenvalue weighted by molar-refractivity contribution is 7.15. The number of anilines is 1. The molecule has 0 saturated heterocycles. The van der Waals surface area contributed by atoms with Crippen molar-refractivity contribution in [2.45, 2.75) is 6.61 Å². The summed E-state index contributed by atoms with van der Waals surface area (Å²) in [5.41, 5.74) is -0.604. The molecule has 0 radical (unpaired) electrons. The van der Waals surface area contributed by atoms with Crippen LogP contribution in [0.3, 0.4) is 0 Å². The van der Waals surface area contributed by atoms with Crippen LogP contribution in [0.15, 0.2) is 46.8 Å². The standard InChI is InChI=1S/C16H11F2N3O5S/c17-15(18)26-10-3-1-9(2-4-10)20-12(22)8-25-14(24)11-7-19-16-21(13(11)23)5-6-27-16/h1-7,15H,8H2,(H,20,22). The molecule has 8 nitrogen and oxygen atoms in total. The Kier molecular flexibility index (Phi) is 5.41. The minimum absolute atomic E-state index is 0.0637. The molecule has 0 spiro atoms. The molecule has 3 aromatic rings. The van der Waals surface area contributed by atoms with Gasteiger partial charge in [0.1, 0.15) is 11.3 Å². The van der Waals surface area contributed by atoms with Crippen LogP contribution in [0.5, 0.6) is 5.75 Å². The molecule has 0 saturated carbocycles. The fourth-order valence-corrected chi connectivity index (χ4v) is 2.77. The maximum absolute atomic E-state index is 12.1. The second-order valence-electron chi connectivity index (χ2n) is 5.06. The Morgan fingerprint density at radius 2 is 2.00 bits per heavy atom. The molecule has 0 aliphatic carbocycles. The molecule has 1 amide bonds. The summed E-state index contributed by atoms with van der Waals surface area (Å²) in [4.78, 5) is 40.3. The van der Waals surface area contributed by atoms with E-state index in [4.69, 9.17) is 4.74 Å². The molecule has 0 bridgehead atoms. The summed E-state index contributed by atoms with van der Waals surface area (Å²) < 4.78 is 34.4. The van der Waals surface area contributed by atoms with Crippen LogP contribution in [0, 0.1) is 0 Å². The van der Waals surface area contributed by atoms with Crippen LogP contribution in [0.4, 0.5) is 14.5 Å². The number of carbonyl (C=O) groups is 2. The van der Waals surface area contributed by atoms with E-state index in [1.54, 1.807) is 5.38 Å². The number of fused-ring (bicyclic) bond motifs is 1. The maximum Gasteiger partial charge on any atom is 0.387 e. The number of esters is 1. The number of amides is 1. The Bertz CT molecular complexity index is 1030. The Labute approximate surface area is 154 Å². The van der Waals surface area contributed by atoms with Crippen LogP contribution in [0.2, 0.25) is 0 Å². The second kappa shape index (κ2) is 7.91. The summed E-state index contributed by atoms with van der Waals surface area (Å²) in [5, 5.41) is 4.06. The summed E-state index contributed by atoms with van der Waals surface area (Å²) in [6.07, 6.45) is 2.57. The van der Waals surface area contributed by atoms with Crippen molar-refractivity contribution in [1.82, 2.24) is 9.38 Å². The summed E-state index contributed by atoms with van der Waals surface area (Å²) in [6.45, 7) is -3.59. The number of halogens is 2. The molecule has 3 rings (SSSR count). The third kappa shape index (κ3) is 4.44. The highest BCUT2D eigenvalue weighted by Crippen LogP contribution is 2.17. The fraction of sp³-hybridized carbons (Fsp3) is 0.125. The van der Waals surface area contributed by atoms with Crippen molar-refractivity contribution in [2.24, 2.45) is 0 Å². The predicted molar refractivity (Wildman–Crippen MR) is 91.3 cm³/mol. The molecule has 11 heteroatoms. The largest absolute Gasteiger partial charge is 0.452 e. The van der Waals surface area contributed by atoms with Crippen molar-refractivity contribution in [3.05, 3.63) is 58.0 Å². The van der Waals surface area contributed by atoms with E-state index in [1.807, 2.05) is 0 Å². The van der Waals surface area contributed by atoms with Gasteiger partial charge in [-0.1, -0.05) is 0 Å². The van der Waals surface area contributed by atoms with E-state index < -0.39 is 30.7 Å². The van der Waals surface area contributed by atoms with Crippen molar-refractivity contribution in [1.29, 1.82) is 0 Å². The number of rotatable bonds is 6. The molecule has 2 heterocycles. The predicted octanol–water partition coefficient (Wildman–Crippen LogP) is 2.15. The SMILES string of the molecule is O=C(COC(=O)c1cnc2sccn2c1=O)Nc1ccc(OC(F)F)cc1. The number of nitrogens with zero attached hydrogens (tertiary/aromatic N) is 2. The number of benzene rings is 1. The molecule has 2 aromatic heterocycles. The van der Waals surface area contributed by atoms with Crippen molar-refractivity contribution >= 4 is 33.9 Å². The zero-order valence-electron chi connectivity index (χ0n) is 13.4. The summed E-state index contributed by atoms with van der Waals surface area (Å²) in [6, 6.07) is 5.18. The molecule has 1 N–H and O–H groups in total. The van der Waals surface area contributed by atoms with Gasteiger partial charge in [-0.25, -0.2) is 9.78 Å². The number of hydrogen-bond donors (Lipinski definition) is 1. The van der Waals surface area contributed by atoms with Crippen molar-refractivity contribution in [2.75, 3.05) is 11.9 Å². The Morgan fingerprint density at radius 1 is 1.26 bits per heavy atom. The molecule has 0 unspecified atom stereocenters. The van der Waals surface area contributed by atoms with E-state index in [1.165, 1.54) is 46.2 Å². The van der Waals surface area contributed by atoms with E-state index in [9.17, 15) is 23.2 Å². The first kappa shape index (κ1) is 18.5. The number of alkyl halides is 2. The van der Waals surface area contributed by atoms with Gasteiger partial charge in [0, 0.05) is 17.3 Å². The number of carbonyl (C=O) groups excluding carboxylic acids is 2.